The molecule has 2 saturated heterocycles. The largest absolute Gasteiger partial charge is 0.336 e. The number of nitrogens with zero attached hydrogens (tertiary/aromatic N) is 3. The lowest BCUT2D eigenvalue weighted by molar-refractivity contribution is -0.133. The third kappa shape index (κ3) is 6.41. The Bertz CT molecular complexity index is 1170. The summed E-state index contributed by atoms with van der Waals surface area (Å²) in [7, 11) is 0. The Morgan fingerprint density at radius 1 is 0.949 bits per heavy atom. The van der Waals surface area contributed by atoms with Gasteiger partial charge in [-0.3, -0.25) is 14.5 Å². The van der Waals surface area contributed by atoms with E-state index in [9.17, 15) is 14.0 Å². The van der Waals surface area contributed by atoms with Crippen LogP contribution in [0, 0.1) is 5.92 Å². The lowest BCUT2D eigenvalue weighted by Gasteiger charge is -2.40. The van der Waals surface area contributed by atoms with Gasteiger partial charge in [0.1, 0.15) is 6.67 Å². The van der Waals surface area contributed by atoms with Crippen molar-refractivity contribution in [3.8, 4) is 11.1 Å². The summed E-state index contributed by atoms with van der Waals surface area (Å²) in [6.45, 7) is 3.47. The summed E-state index contributed by atoms with van der Waals surface area (Å²) in [5.74, 6) is 0.125. The average Bonchev–Trinajstić information content (AvgIpc) is 3.32. The number of alkyl halides is 2. The second-order valence-corrected chi connectivity index (χ2v) is 13.8. The maximum absolute atomic E-state index is 13.4. The topological polar surface area (TPSA) is 43.9 Å². The van der Waals surface area contributed by atoms with Crippen LogP contribution in [0.4, 0.5) is 4.39 Å². The highest BCUT2D eigenvalue weighted by Crippen LogP contribution is 2.44. The smallest absolute Gasteiger partial charge is 0.253 e. The van der Waals surface area contributed by atoms with Crippen LogP contribution in [0.1, 0.15) is 54.4 Å². The minimum atomic E-state index is -0.360. The molecule has 2 aromatic rings. The van der Waals surface area contributed by atoms with Crippen molar-refractivity contribution in [2.75, 3.05) is 45.9 Å². The van der Waals surface area contributed by atoms with Gasteiger partial charge in [-0.2, -0.15) is 0 Å². The number of likely N-dealkylation sites (tertiary alicyclic amines) is 1. The summed E-state index contributed by atoms with van der Waals surface area (Å²) in [6.07, 6.45) is 7.15. The highest BCUT2D eigenvalue weighted by Gasteiger charge is 2.44. The number of carbonyl (C=O) groups is 2. The Hall–Kier alpha value is -1.42. The second kappa shape index (κ2) is 12.6. The fourth-order valence-electron chi connectivity index (χ4n) is 6.18. The van der Waals surface area contributed by atoms with Crippen LogP contribution in [0.3, 0.4) is 0 Å². The second-order valence-electron chi connectivity index (χ2n) is 11.0. The zero-order valence-electron chi connectivity index (χ0n) is 22.1. The first-order valence-corrected chi connectivity index (χ1v) is 15.8. The van der Waals surface area contributed by atoms with Gasteiger partial charge in [-0.05, 0) is 66.6 Å². The maximum Gasteiger partial charge on any atom is 0.253 e. The molecule has 0 bridgehead atoms. The number of hydrogen-bond acceptors (Lipinski definition) is 3. The number of hydrogen-bond donors (Lipinski definition) is 0. The molecule has 1 aliphatic carbocycles. The maximum atomic E-state index is 13.4. The molecule has 2 heterocycles. The molecular weight excluding hydrogens is 651 g/mol. The van der Waals surface area contributed by atoms with Crippen molar-refractivity contribution < 1.29 is 14.0 Å². The van der Waals surface area contributed by atoms with E-state index in [1.807, 2.05) is 46.2 Å². The molecule has 0 aromatic heterocycles. The number of halogens is 4. The first-order valence-electron chi connectivity index (χ1n) is 14.0. The number of rotatable bonds is 7. The van der Waals surface area contributed by atoms with Crippen LogP contribution in [0.2, 0.25) is 10.0 Å². The van der Waals surface area contributed by atoms with E-state index in [2.05, 4.69) is 27.5 Å². The van der Waals surface area contributed by atoms with Gasteiger partial charge in [0, 0.05) is 60.8 Å². The van der Waals surface area contributed by atoms with Crippen molar-refractivity contribution in [1.82, 2.24) is 14.7 Å². The van der Waals surface area contributed by atoms with Crippen LogP contribution in [0.25, 0.3) is 11.1 Å². The molecule has 5 nitrogen and oxygen atoms in total. The highest BCUT2D eigenvalue weighted by atomic mass is 127. The number of benzene rings is 2. The zero-order chi connectivity index (χ0) is 27.6. The summed E-state index contributed by atoms with van der Waals surface area (Å²) in [4.78, 5) is 32.3. The Kier molecular flexibility index (Phi) is 9.41. The lowest BCUT2D eigenvalue weighted by atomic mass is 9.93. The normalized spacial score (nSPS) is 21.9. The van der Waals surface area contributed by atoms with Crippen molar-refractivity contribution in [2.24, 2.45) is 5.92 Å². The van der Waals surface area contributed by atoms with Gasteiger partial charge in [0.25, 0.3) is 5.91 Å². The molecule has 0 radical (unpaired) electrons. The highest BCUT2D eigenvalue weighted by molar-refractivity contribution is 14.1. The predicted octanol–water partition coefficient (Wildman–Crippen LogP) is 6.87. The molecule has 39 heavy (non-hydrogen) atoms. The fourth-order valence-corrected chi connectivity index (χ4v) is 8.07. The van der Waals surface area contributed by atoms with Crippen molar-refractivity contribution >= 4 is 57.6 Å². The van der Waals surface area contributed by atoms with Gasteiger partial charge < -0.3 is 9.80 Å². The van der Waals surface area contributed by atoms with Crippen LogP contribution in [-0.2, 0) is 11.2 Å². The summed E-state index contributed by atoms with van der Waals surface area (Å²) < 4.78 is 12.5. The summed E-state index contributed by atoms with van der Waals surface area (Å²) >= 11 is 16.0. The van der Waals surface area contributed by atoms with Crippen molar-refractivity contribution in [3.05, 3.63) is 57.6 Å². The van der Waals surface area contributed by atoms with E-state index in [4.69, 9.17) is 23.2 Å². The number of piperazine rings is 1. The Morgan fingerprint density at radius 3 is 2.21 bits per heavy atom. The molecule has 5 rings (SSSR count). The van der Waals surface area contributed by atoms with Crippen LogP contribution in [-0.4, -0.2) is 76.0 Å². The summed E-state index contributed by atoms with van der Waals surface area (Å²) in [5, 5.41) is 1.13. The predicted molar refractivity (Wildman–Crippen MR) is 164 cm³/mol. The molecule has 3 aliphatic rings. The molecule has 0 spiro atoms. The Morgan fingerprint density at radius 2 is 1.59 bits per heavy atom. The quantitative estimate of drug-likeness (QED) is 0.182. The van der Waals surface area contributed by atoms with Crippen molar-refractivity contribution in [1.29, 1.82) is 0 Å². The molecule has 210 valence electrons. The molecule has 0 N–H and O–H groups in total. The number of amides is 2. The summed E-state index contributed by atoms with van der Waals surface area (Å²) in [6, 6.07) is 11.3. The minimum Gasteiger partial charge on any atom is -0.336 e. The first kappa shape index (κ1) is 29.1. The third-order valence-electron chi connectivity index (χ3n) is 8.54. The molecule has 2 amide bonds. The van der Waals surface area contributed by atoms with Crippen LogP contribution in [0.5, 0.6) is 0 Å². The van der Waals surface area contributed by atoms with Gasteiger partial charge in [-0.25, -0.2) is 4.39 Å². The minimum absolute atomic E-state index is 0.00959. The van der Waals surface area contributed by atoms with Gasteiger partial charge in [-0.1, -0.05) is 77.2 Å². The SMILES string of the molecule is O=C(c1ccc(-c2cc(Cl)c(CC3CCN(C4(I)CCCCC4)C3=O)c(Cl)c2)cc1)N1CCN(CCF)CC1. The molecule has 2 aliphatic heterocycles. The van der Waals surface area contributed by atoms with Crippen LogP contribution >= 0.6 is 45.8 Å². The molecule has 1 atom stereocenters. The van der Waals surface area contributed by atoms with Gasteiger partial charge in [0.15, 0.2) is 0 Å². The standard InChI is InChI=1S/C30H35Cl2FIN3O2/c31-26-19-24(21-4-6-22(7-5-21)28(38)36-16-14-35(13-11-33)15-17-36)20-27(32)25(26)18-23-8-12-37(29(23)39)30(34)9-2-1-3-10-30/h4-7,19-20,23H,1-3,8-18H2. The molecule has 1 saturated carbocycles. The zero-order valence-corrected chi connectivity index (χ0v) is 25.8. The van der Waals surface area contributed by atoms with E-state index in [1.54, 1.807) is 0 Å². The number of carbonyl (C=O) groups excluding carboxylic acids is 2. The van der Waals surface area contributed by atoms with E-state index in [0.29, 0.717) is 54.8 Å². The van der Waals surface area contributed by atoms with Crippen LogP contribution in [0.15, 0.2) is 36.4 Å². The molecule has 3 fully saturated rings. The van der Waals surface area contributed by atoms with Gasteiger partial charge in [-0.15, -0.1) is 0 Å². The molecule has 9 heteroatoms. The van der Waals surface area contributed by atoms with E-state index in [0.717, 1.165) is 42.5 Å². The summed E-state index contributed by atoms with van der Waals surface area (Å²) in [5.41, 5.74) is 3.25. The average molecular weight is 686 g/mol. The van der Waals surface area contributed by atoms with Crippen LogP contribution < -0.4 is 0 Å². The van der Waals surface area contributed by atoms with E-state index >= 15 is 0 Å². The molecule has 2 aromatic carbocycles. The third-order valence-corrected chi connectivity index (χ3v) is 10.9. The van der Waals surface area contributed by atoms with Gasteiger partial charge >= 0.3 is 0 Å². The van der Waals surface area contributed by atoms with E-state index in [-0.39, 0.29) is 28.0 Å². The molecule has 1 unspecified atom stereocenters. The van der Waals surface area contributed by atoms with Crippen molar-refractivity contribution in [3.63, 3.8) is 0 Å². The molecular formula is C30H35Cl2FIN3O2. The van der Waals surface area contributed by atoms with Crippen molar-refractivity contribution in [2.45, 2.75) is 48.5 Å². The van der Waals surface area contributed by atoms with Gasteiger partial charge in [0.2, 0.25) is 5.91 Å². The first-order chi connectivity index (χ1) is 18.8. The van der Waals surface area contributed by atoms with Gasteiger partial charge in [0.05, 0.1) is 3.55 Å². The Balaban J connectivity index is 1.24. The fraction of sp³-hybridized carbons (Fsp3) is 0.533. The monoisotopic (exact) mass is 685 g/mol. The lowest BCUT2D eigenvalue weighted by Crippen LogP contribution is -2.49. The van der Waals surface area contributed by atoms with E-state index in [1.165, 1.54) is 19.3 Å². The Labute approximate surface area is 254 Å². The van der Waals surface area contributed by atoms with E-state index < -0.39 is 0 Å².